The summed E-state index contributed by atoms with van der Waals surface area (Å²) in [7, 11) is 0. The van der Waals surface area contributed by atoms with Crippen LogP contribution in [0.2, 0.25) is 0 Å². The Morgan fingerprint density at radius 2 is 2.07 bits per heavy atom. The van der Waals surface area contributed by atoms with Crippen molar-refractivity contribution >= 4 is 10.9 Å². The van der Waals surface area contributed by atoms with Crippen LogP contribution in [0.1, 0.15) is 20.8 Å². The minimum Gasteiger partial charge on any atom is -0.293 e. The summed E-state index contributed by atoms with van der Waals surface area (Å²) in [6, 6.07) is 1.74. The van der Waals surface area contributed by atoms with Crippen molar-refractivity contribution in [3.63, 3.8) is 0 Å². The van der Waals surface area contributed by atoms with Crippen LogP contribution in [0.5, 0.6) is 0 Å². The van der Waals surface area contributed by atoms with Crippen molar-refractivity contribution in [1.29, 1.82) is 0 Å². The lowest BCUT2D eigenvalue weighted by atomic mass is 10.1. The molecule has 0 aliphatic heterocycles. The fraction of sp³-hybridized carbons (Fsp3) is 0.364. The summed E-state index contributed by atoms with van der Waals surface area (Å²) in [5.74, 6) is 0. The third kappa shape index (κ3) is 1.63. The van der Waals surface area contributed by atoms with Crippen LogP contribution in [0.25, 0.3) is 10.9 Å². The average molecular weight is 203 g/mol. The molecule has 4 nitrogen and oxygen atoms in total. The van der Waals surface area contributed by atoms with Gasteiger partial charge in [-0.3, -0.25) is 14.3 Å². The molecule has 15 heavy (non-hydrogen) atoms. The summed E-state index contributed by atoms with van der Waals surface area (Å²) in [6.07, 6.45) is 4.79. The van der Waals surface area contributed by atoms with Gasteiger partial charge in [0.2, 0.25) is 0 Å². The third-order valence-corrected chi connectivity index (χ3v) is 2.28. The van der Waals surface area contributed by atoms with Gasteiger partial charge in [-0.25, -0.2) is 4.98 Å². The number of aromatic nitrogens is 3. The molecule has 0 atom stereocenters. The van der Waals surface area contributed by atoms with Crippen molar-refractivity contribution in [1.82, 2.24) is 14.5 Å². The Bertz CT molecular complexity index is 551. The van der Waals surface area contributed by atoms with Crippen molar-refractivity contribution < 1.29 is 0 Å². The minimum atomic E-state index is -0.256. The van der Waals surface area contributed by atoms with Crippen LogP contribution in [0.4, 0.5) is 0 Å². The van der Waals surface area contributed by atoms with Gasteiger partial charge >= 0.3 is 0 Å². The van der Waals surface area contributed by atoms with Crippen molar-refractivity contribution in [3.05, 3.63) is 35.1 Å². The van der Waals surface area contributed by atoms with Gasteiger partial charge in [0.15, 0.2) is 0 Å². The topological polar surface area (TPSA) is 47.8 Å². The summed E-state index contributed by atoms with van der Waals surface area (Å²) in [4.78, 5) is 20.2. The van der Waals surface area contributed by atoms with Crippen molar-refractivity contribution in [2.45, 2.75) is 26.3 Å². The molecule has 0 saturated carbocycles. The summed E-state index contributed by atoms with van der Waals surface area (Å²) >= 11 is 0. The van der Waals surface area contributed by atoms with Crippen molar-refractivity contribution in [2.24, 2.45) is 0 Å². The van der Waals surface area contributed by atoms with E-state index in [1.165, 1.54) is 0 Å². The lowest BCUT2D eigenvalue weighted by Crippen LogP contribution is -2.33. The molecule has 2 rings (SSSR count). The molecule has 0 amide bonds. The molecule has 0 aliphatic carbocycles. The zero-order chi connectivity index (χ0) is 11.1. The van der Waals surface area contributed by atoms with Crippen LogP contribution in [0.3, 0.4) is 0 Å². The first kappa shape index (κ1) is 9.83. The van der Waals surface area contributed by atoms with E-state index in [0.717, 1.165) is 0 Å². The Labute approximate surface area is 87.6 Å². The van der Waals surface area contributed by atoms with Crippen LogP contribution in [-0.4, -0.2) is 14.5 Å². The van der Waals surface area contributed by atoms with Crippen LogP contribution in [0.15, 0.2) is 29.6 Å². The van der Waals surface area contributed by atoms with Gasteiger partial charge in [-0.2, -0.15) is 0 Å². The predicted octanol–water partition coefficient (Wildman–Crippen LogP) is 1.55. The van der Waals surface area contributed by atoms with Crippen LogP contribution >= 0.6 is 0 Å². The Kier molecular flexibility index (Phi) is 2.07. The molecule has 0 spiro atoms. The lowest BCUT2D eigenvalue weighted by Gasteiger charge is -2.21. The second-order valence-electron chi connectivity index (χ2n) is 4.48. The van der Waals surface area contributed by atoms with Gasteiger partial charge in [-0.1, -0.05) is 0 Å². The smallest absolute Gasteiger partial charge is 0.263 e. The molecule has 0 N–H and O–H groups in total. The molecule has 2 aromatic rings. The fourth-order valence-electron chi connectivity index (χ4n) is 1.44. The molecule has 4 heteroatoms. The van der Waals surface area contributed by atoms with Gasteiger partial charge in [0.1, 0.15) is 0 Å². The van der Waals surface area contributed by atoms with E-state index in [-0.39, 0.29) is 11.1 Å². The molecular weight excluding hydrogens is 190 g/mol. The molecular formula is C11H13N3O. The SMILES string of the molecule is CC(C)(C)n1cnc2ccncc2c1=O. The number of fused-ring (bicyclic) bond motifs is 1. The van der Waals surface area contributed by atoms with E-state index in [1.807, 2.05) is 20.8 Å². The van der Waals surface area contributed by atoms with E-state index >= 15 is 0 Å². The highest BCUT2D eigenvalue weighted by molar-refractivity contribution is 5.75. The zero-order valence-electron chi connectivity index (χ0n) is 9.06. The minimum absolute atomic E-state index is 0.0411. The lowest BCUT2D eigenvalue weighted by molar-refractivity contribution is 0.382. The maximum Gasteiger partial charge on any atom is 0.263 e. The largest absolute Gasteiger partial charge is 0.293 e. The average Bonchev–Trinajstić information content (AvgIpc) is 2.16. The van der Waals surface area contributed by atoms with E-state index in [9.17, 15) is 4.79 Å². The Hall–Kier alpha value is -1.71. The highest BCUT2D eigenvalue weighted by Gasteiger charge is 2.15. The van der Waals surface area contributed by atoms with Crippen LogP contribution in [-0.2, 0) is 5.54 Å². The van der Waals surface area contributed by atoms with Gasteiger partial charge in [0.05, 0.1) is 17.2 Å². The van der Waals surface area contributed by atoms with Gasteiger partial charge < -0.3 is 0 Å². The molecule has 2 heterocycles. The number of rotatable bonds is 0. The normalized spacial score (nSPS) is 11.9. The first-order valence-electron chi connectivity index (χ1n) is 4.82. The van der Waals surface area contributed by atoms with Gasteiger partial charge in [-0.15, -0.1) is 0 Å². The van der Waals surface area contributed by atoms with E-state index in [2.05, 4.69) is 9.97 Å². The van der Waals surface area contributed by atoms with Crippen molar-refractivity contribution in [2.75, 3.05) is 0 Å². The van der Waals surface area contributed by atoms with Gasteiger partial charge in [0.25, 0.3) is 5.56 Å². The van der Waals surface area contributed by atoms with E-state index in [4.69, 9.17) is 0 Å². The number of hydrogen-bond donors (Lipinski definition) is 0. The number of nitrogens with zero attached hydrogens (tertiary/aromatic N) is 3. The number of hydrogen-bond acceptors (Lipinski definition) is 3. The van der Waals surface area contributed by atoms with E-state index in [0.29, 0.717) is 10.9 Å². The fourth-order valence-corrected chi connectivity index (χ4v) is 1.44. The van der Waals surface area contributed by atoms with Crippen LogP contribution < -0.4 is 5.56 Å². The second kappa shape index (κ2) is 3.15. The van der Waals surface area contributed by atoms with Crippen LogP contribution in [0, 0.1) is 0 Å². The number of pyridine rings is 1. The molecule has 0 aromatic carbocycles. The van der Waals surface area contributed by atoms with Gasteiger partial charge in [-0.05, 0) is 26.8 Å². The molecule has 0 aliphatic rings. The first-order valence-corrected chi connectivity index (χ1v) is 4.82. The van der Waals surface area contributed by atoms with Crippen molar-refractivity contribution in [3.8, 4) is 0 Å². The molecule has 2 aromatic heterocycles. The maximum atomic E-state index is 12.1. The van der Waals surface area contributed by atoms with E-state index < -0.39 is 0 Å². The quantitative estimate of drug-likeness (QED) is 0.652. The molecule has 0 radical (unpaired) electrons. The monoisotopic (exact) mass is 203 g/mol. The summed E-state index contributed by atoms with van der Waals surface area (Å²) < 4.78 is 1.62. The summed E-state index contributed by atoms with van der Waals surface area (Å²) in [5, 5.41) is 0.565. The summed E-state index contributed by atoms with van der Waals surface area (Å²) in [6.45, 7) is 5.91. The third-order valence-electron chi connectivity index (χ3n) is 2.28. The predicted molar refractivity (Wildman–Crippen MR) is 58.8 cm³/mol. The summed E-state index contributed by atoms with van der Waals surface area (Å²) in [5.41, 5.74) is 0.393. The Morgan fingerprint density at radius 1 is 1.33 bits per heavy atom. The highest BCUT2D eigenvalue weighted by atomic mass is 16.1. The highest BCUT2D eigenvalue weighted by Crippen LogP contribution is 2.11. The standard InChI is InChI=1S/C11H13N3O/c1-11(2,3)14-7-13-9-4-5-12-6-8(9)10(14)15/h4-7H,1-3H3. The Morgan fingerprint density at radius 3 is 2.73 bits per heavy atom. The molecule has 0 saturated heterocycles. The second-order valence-corrected chi connectivity index (χ2v) is 4.48. The molecule has 0 fully saturated rings. The molecule has 0 unspecified atom stereocenters. The maximum absolute atomic E-state index is 12.1. The Balaban J connectivity index is 2.83. The molecule has 78 valence electrons. The zero-order valence-corrected chi connectivity index (χ0v) is 9.06. The van der Waals surface area contributed by atoms with E-state index in [1.54, 1.807) is 29.4 Å². The molecule has 0 bridgehead atoms. The van der Waals surface area contributed by atoms with Gasteiger partial charge in [0, 0.05) is 17.9 Å². The first-order chi connectivity index (χ1) is 7.00.